The van der Waals surface area contributed by atoms with Crippen molar-refractivity contribution in [2.45, 2.75) is 25.4 Å². The molecule has 0 atom stereocenters. The number of anilines is 1. The van der Waals surface area contributed by atoms with E-state index in [4.69, 9.17) is 4.74 Å². The number of pyridine rings is 1. The second kappa shape index (κ2) is 7.34. The summed E-state index contributed by atoms with van der Waals surface area (Å²) >= 11 is 0. The lowest BCUT2D eigenvalue weighted by atomic mass is 9.75. The number of aliphatic carboxylic acids is 1. The van der Waals surface area contributed by atoms with Crippen LogP contribution >= 0.6 is 0 Å². The fourth-order valence-corrected chi connectivity index (χ4v) is 3.71. The van der Waals surface area contributed by atoms with Crippen LogP contribution < -0.4 is 4.90 Å². The van der Waals surface area contributed by atoms with Gasteiger partial charge >= 0.3 is 12.1 Å². The zero-order valence-corrected chi connectivity index (χ0v) is 14.9. The van der Waals surface area contributed by atoms with Crippen molar-refractivity contribution >= 4 is 22.6 Å². The number of carbonyl (C=O) groups is 1. The van der Waals surface area contributed by atoms with Crippen molar-refractivity contribution in [1.82, 2.24) is 4.98 Å². The molecule has 1 fully saturated rings. The number of methoxy groups -OCH3 is 1. The summed E-state index contributed by atoms with van der Waals surface area (Å²) in [6.45, 7) is 1.26. The zero-order chi connectivity index (χ0) is 19.7. The Hall–Kier alpha value is -2.35. The first-order valence-corrected chi connectivity index (χ1v) is 8.71. The number of ether oxygens (including phenoxy) is 1. The second-order valence-electron chi connectivity index (χ2n) is 6.84. The third kappa shape index (κ3) is 3.71. The number of hydrogen-bond donors (Lipinski definition) is 1. The largest absolute Gasteiger partial charge is 0.481 e. The molecule has 3 rings (SSSR count). The lowest BCUT2D eigenvalue weighted by molar-refractivity contribution is -0.151. The van der Waals surface area contributed by atoms with E-state index in [1.54, 1.807) is 12.1 Å². The topological polar surface area (TPSA) is 62.7 Å². The molecule has 0 spiro atoms. The van der Waals surface area contributed by atoms with E-state index in [-0.39, 0.29) is 5.52 Å². The number of para-hydroxylation sites is 1. The van der Waals surface area contributed by atoms with Gasteiger partial charge in [0.25, 0.3) is 0 Å². The van der Waals surface area contributed by atoms with Gasteiger partial charge in [-0.1, -0.05) is 12.1 Å². The molecule has 1 aliphatic heterocycles. The van der Waals surface area contributed by atoms with E-state index in [0.29, 0.717) is 50.0 Å². The van der Waals surface area contributed by atoms with Crippen LogP contribution in [0.5, 0.6) is 0 Å². The maximum Gasteiger partial charge on any atom is 0.418 e. The van der Waals surface area contributed by atoms with Crippen molar-refractivity contribution in [1.29, 1.82) is 0 Å². The smallest absolute Gasteiger partial charge is 0.418 e. The Morgan fingerprint density at radius 1 is 1.30 bits per heavy atom. The van der Waals surface area contributed by atoms with Gasteiger partial charge in [0.1, 0.15) is 0 Å². The Balaban J connectivity index is 1.91. The highest BCUT2D eigenvalue weighted by atomic mass is 19.4. The summed E-state index contributed by atoms with van der Waals surface area (Å²) in [5, 5.41) is 10.1. The number of hydrogen-bond acceptors (Lipinski definition) is 4. The molecule has 1 aliphatic rings. The van der Waals surface area contributed by atoms with Gasteiger partial charge in [0.15, 0.2) is 0 Å². The van der Waals surface area contributed by atoms with Gasteiger partial charge in [-0.25, -0.2) is 0 Å². The summed E-state index contributed by atoms with van der Waals surface area (Å²) in [7, 11) is 1.53. The molecule has 0 radical (unpaired) electrons. The van der Waals surface area contributed by atoms with Crippen molar-refractivity contribution in [3.8, 4) is 0 Å². The van der Waals surface area contributed by atoms with Crippen molar-refractivity contribution in [2.75, 3.05) is 31.7 Å². The van der Waals surface area contributed by atoms with Gasteiger partial charge in [-0.15, -0.1) is 0 Å². The second-order valence-corrected chi connectivity index (χ2v) is 6.84. The summed E-state index contributed by atoms with van der Waals surface area (Å²) in [4.78, 5) is 17.7. The highest BCUT2D eigenvalue weighted by Crippen LogP contribution is 2.40. The molecule has 0 amide bonds. The van der Waals surface area contributed by atoms with Gasteiger partial charge in [0.2, 0.25) is 0 Å². The van der Waals surface area contributed by atoms with Gasteiger partial charge in [0, 0.05) is 44.1 Å². The van der Waals surface area contributed by atoms with Gasteiger partial charge in [-0.05, 0) is 31.4 Å². The number of halogens is 3. The monoisotopic (exact) mass is 382 g/mol. The Bertz CT molecular complexity index is 831. The minimum atomic E-state index is -4.48. The lowest BCUT2D eigenvalue weighted by Gasteiger charge is -2.40. The summed E-state index contributed by atoms with van der Waals surface area (Å²) in [5.74, 6) is -0.849. The van der Waals surface area contributed by atoms with Crippen LogP contribution in [0.15, 0.2) is 30.5 Å². The Morgan fingerprint density at radius 2 is 2.00 bits per heavy atom. The molecule has 1 aromatic heterocycles. The normalized spacial score (nSPS) is 17.3. The minimum absolute atomic E-state index is 0.0862. The molecule has 0 unspecified atom stereocenters. The summed E-state index contributed by atoms with van der Waals surface area (Å²) in [6.07, 6.45) is -1.87. The summed E-state index contributed by atoms with van der Waals surface area (Å²) in [5.41, 5.74) is -1.06. The van der Waals surface area contributed by atoms with Crippen molar-refractivity contribution in [2.24, 2.45) is 5.41 Å². The van der Waals surface area contributed by atoms with Crippen molar-refractivity contribution in [3.63, 3.8) is 0 Å². The van der Waals surface area contributed by atoms with Crippen LogP contribution in [0.3, 0.4) is 0 Å². The molecule has 0 saturated carbocycles. The molecule has 146 valence electrons. The van der Waals surface area contributed by atoms with E-state index in [1.807, 2.05) is 4.90 Å². The summed E-state index contributed by atoms with van der Waals surface area (Å²) in [6, 6.07) is 5.71. The molecule has 0 bridgehead atoms. The standard InChI is InChI=1S/C19H21F3N2O3/c1-27-12-8-18(17(25)26)6-10-24(11-7-18)15-5-9-23-16-13(15)3-2-4-14(16)19(20,21)22/h2-5,9H,6-8,10-12H2,1H3,(H,25,26). The Morgan fingerprint density at radius 3 is 2.59 bits per heavy atom. The first-order chi connectivity index (χ1) is 12.8. The molecule has 1 N–H and O–H groups in total. The number of piperidine rings is 1. The number of alkyl halides is 3. The summed E-state index contributed by atoms with van der Waals surface area (Å²) < 4.78 is 44.9. The van der Waals surface area contributed by atoms with Crippen LogP contribution in [0.2, 0.25) is 0 Å². The number of nitrogens with zero attached hydrogens (tertiary/aromatic N) is 2. The highest BCUT2D eigenvalue weighted by Gasteiger charge is 2.41. The fraction of sp³-hybridized carbons (Fsp3) is 0.474. The molecule has 2 aromatic rings. The molecule has 5 nitrogen and oxygen atoms in total. The SMILES string of the molecule is COCCC1(C(=O)O)CCN(c2ccnc3c(C(F)(F)F)cccc23)CC1. The third-order valence-electron chi connectivity index (χ3n) is 5.35. The molecule has 8 heteroatoms. The molecule has 0 aliphatic carbocycles. The van der Waals surface area contributed by atoms with Crippen molar-refractivity contribution in [3.05, 3.63) is 36.0 Å². The van der Waals surface area contributed by atoms with Crippen LogP contribution in [-0.2, 0) is 15.7 Å². The van der Waals surface area contributed by atoms with Gasteiger partial charge < -0.3 is 14.7 Å². The van der Waals surface area contributed by atoms with E-state index in [1.165, 1.54) is 19.4 Å². The first-order valence-electron chi connectivity index (χ1n) is 8.71. The van der Waals surface area contributed by atoms with Gasteiger partial charge in [0.05, 0.1) is 16.5 Å². The minimum Gasteiger partial charge on any atom is -0.481 e. The quantitative estimate of drug-likeness (QED) is 0.848. The van der Waals surface area contributed by atoms with E-state index >= 15 is 0 Å². The zero-order valence-electron chi connectivity index (χ0n) is 14.9. The first kappa shape index (κ1) is 19.4. The van der Waals surface area contributed by atoms with Crippen LogP contribution in [-0.4, -0.2) is 42.9 Å². The molecule has 27 heavy (non-hydrogen) atoms. The average molecular weight is 382 g/mol. The molecule has 1 aromatic carbocycles. The molecule has 1 saturated heterocycles. The maximum absolute atomic E-state index is 13.3. The number of benzene rings is 1. The number of carboxylic acids is 1. The van der Waals surface area contributed by atoms with E-state index in [0.717, 1.165) is 6.07 Å². The maximum atomic E-state index is 13.3. The number of aromatic nitrogens is 1. The van der Waals surface area contributed by atoms with Crippen LogP contribution in [0.4, 0.5) is 18.9 Å². The van der Waals surface area contributed by atoms with Gasteiger partial charge in [-0.3, -0.25) is 9.78 Å². The van der Waals surface area contributed by atoms with E-state index in [9.17, 15) is 23.1 Å². The van der Waals surface area contributed by atoms with Gasteiger partial charge in [-0.2, -0.15) is 13.2 Å². The van der Waals surface area contributed by atoms with Crippen LogP contribution in [0.1, 0.15) is 24.8 Å². The molecule has 2 heterocycles. The van der Waals surface area contributed by atoms with E-state index in [2.05, 4.69) is 4.98 Å². The predicted molar refractivity (Wildman–Crippen MR) is 94.8 cm³/mol. The highest BCUT2D eigenvalue weighted by molar-refractivity contribution is 5.94. The Labute approximate surface area is 154 Å². The Kier molecular flexibility index (Phi) is 5.28. The number of rotatable bonds is 5. The van der Waals surface area contributed by atoms with Crippen LogP contribution in [0, 0.1) is 5.41 Å². The number of fused-ring (bicyclic) bond motifs is 1. The van der Waals surface area contributed by atoms with Crippen molar-refractivity contribution < 1.29 is 27.8 Å². The predicted octanol–water partition coefficient (Wildman–Crippen LogP) is 3.96. The van der Waals surface area contributed by atoms with Crippen LogP contribution in [0.25, 0.3) is 10.9 Å². The molecular weight excluding hydrogens is 361 g/mol. The van der Waals surface area contributed by atoms with E-state index < -0.39 is 23.1 Å². The molecular formula is C19H21F3N2O3. The lowest BCUT2D eigenvalue weighted by Crippen LogP contribution is -2.45. The number of carboxylic acid groups (broad SMARTS) is 1. The fourth-order valence-electron chi connectivity index (χ4n) is 3.71. The average Bonchev–Trinajstić information content (AvgIpc) is 2.65. The third-order valence-corrected chi connectivity index (χ3v) is 5.35.